The van der Waals surface area contributed by atoms with Crippen LogP contribution in [0.1, 0.15) is 16.8 Å². The molecule has 6 nitrogen and oxygen atoms in total. The van der Waals surface area contributed by atoms with Gasteiger partial charge in [0.25, 0.3) is 5.91 Å². The number of nitrogens with zero attached hydrogens (tertiary/aromatic N) is 1. The zero-order valence-electron chi connectivity index (χ0n) is 18.7. The van der Waals surface area contributed by atoms with Crippen molar-refractivity contribution in [3.63, 3.8) is 0 Å². The monoisotopic (exact) mass is 541 g/mol. The van der Waals surface area contributed by atoms with Gasteiger partial charge in [0.15, 0.2) is 0 Å². The highest BCUT2D eigenvalue weighted by Crippen LogP contribution is 2.27. The molecule has 3 N–H and O–H groups in total. The second kappa shape index (κ2) is 12.8. The van der Waals surface area contributed by atoms with Crippen LogP contribution >= 0.6 is 48.8 Å². The van der Waals surface area contributed by atoms with E-state index in [1.54, 1.807) is 24.4 Å². The number of thiol groups is 1. The van der Waals surface area contributed by atoms with Crippen LogP contribution in [0.2, 0.25) is 0 Å². The average Bonchev–Trinajstić information content (AvgIpc) is 3.51. The fourth-order valence-corrected chi connectivity index (χ4v) is 4.24. The molecule has 1 aromatic heterocycles. The summed E-state index contributed by atoms with van der Waals surface area (Å²) in [6, 6.07) is 17.5. The average molecular weight is 542 g/mol. The second-order valence-corrected chi connectivity index (χ2v) is 9.98. The molecule has 0 aliphatic carbocycles. The van der Waals surface area contributed by atoms with E-state index in [9.17, 15) is 14.7 Å². The van der Waals surface area contributed by atoms with Crippen molar-refractivity contribution in [3.05, 3.63) is 76.9 Å². The van der Waals surface area contributed by atoms with E-state index >= 15 is 0 Å². The molecule has 0 aliphatic rings. The van der Waals surface area contributed by atoms with Gasteiger partial charge in [-0.25, -0.2) is 4.79 Å². The molecule has 1 atom stereocenters. The van der Waals surface area contributed by atoms with Crippen LogP contribution in [0.5, 0.6) is 0 Å². The highest BCUT2D eigenvalue weighted by atomic mass is 32.2. The number of amides is 1. The highest BCUT2D eigenvalue weighted by Gasteiger charge is 2.22. The van der Waals surface area contributed by atoms with Crippen molar-refractivity contribution in [2.45, 2.75) is 12.5 Å². The zero-order chi connectivity index (χ0) is 25.4. The topological polar surface area (TPSA) is 91.3 Å². The van der Waals surface area contributed by atoms with Crippen LogP contribution in [0.3, 0.4) is 0 Å². The molecule has 0 aliphatic heterocycles. The molecule has 4 rings (SSSR count). The Morgan fingerprint density at radius 2 is 1.89 bits per heavy atom. The maximum absolute atomic E-state index is 12.8. The lowest BCUT2D eigenvalue weighted by atomic mass is 9.98. The number of anilines is 1. The van der Waals surface area contributed by atoms with Gasteiger partial charge in [-0.1, -0.05) is 54.8 Å². The molecule has 0 fully saturated rings. The standard InChI is InChI=1S/C19H20N2O3S3.C6H3NS/c1-27-10-9-16(18(23)24)21-17(22)14-8-7-13(20-19(25)26)11-15(14)12-5-3-2-4-6-12;8-6-4-2-1-3-7-5(4)6/h2-8,11,16H,9-10H2,1H3,(H,21,22)(H,23,24)(H2,20,25,26);1-3H. The third kappa shape index (κ3) is 7.60. The van der Waals surface area contributed by atoms with E-state index in [1.165, 1.54) is 11.8 Å². The Hall–Kier alpha value is -2.79. The Balaban J connectivity index is 0.000000355. The molecular formula is C25H23N3O3S4. The summed E-state index contributed by atoms with van der Waals surface area (Å²) in [6.45, 7) is 0. The number of benzene rings is 2. The van der Waals surface area contributed by atoms with Gasteiger partial charge < -0.3 is 15.7 Å². The minimum absolute atomic E-state index is 0.314. The van der Waals surface area contributed by atoms with Crippen molar-refractivity contribution in [1.82, 2.24) is 10.3 Å². The minimum Gasteiger partial charge on any atom is -0.480 e. The van der Waals surface area contributed by atoms with Crippen molar-refractivity contribution in [3.8, 4) is 11.1 Å². The third-order valence-electron chi connectivity index (χ3n) is 5.02. The van der Waals surface area contributed by atoms with E-state index in [2.05, 4.69) is 28.2 Å². The van der Waals surface area contributed by atoms with Gasteiger partial charge in [0.05, 0.1) is 10.0 Å². The number of nitrogens with one attached hydrogen (secondary N) is 2. The number of rotatable bonds is 8. The number of fused-ring (bicyclic) bond motifs is 1. The van der Waals surface area contributed by atoms with Crippen LogP contribution in [0.4, 0.5) is 5.69 Å². The zero-order valence-corrected chi connectivity index (χ0v) is 22.1. The van der Waals surface area contributed by atoms with Crippen LogP contribution in [0.15, 0.2) is 66.9 Å². The number of carboxylic acid groups (broad SMARTS) is 1. The van der Waals surface area contributed by atoms with E-state index in [1.807, 2.05) is 48.7 Å². The lowest BCUT2D eigenvalue weighted by Gasteiger charge is -2.17. The summed E-state index contributed by atoms with van der Waals surface area (Å²) < 4.78 is 1.25. The SMILES string of the molecule is CSCCC(NC(=O)c1ccc(NC(=S)S)cc1-c1ccccc1)C(=O)O.S=c1c2cccnc12. The smallest absolute Gasteiger partial charge is 0.326 e. The molecule has 0 saturated heterocycles. The summed E-state index contributed by atoms with van der Waals surface area (Å²) in [5.41, 5.74) is 3.63. The van der Waals surface area contributed by atoms with Crippen LogP contribution in [-0.4, -0.2) is 44.3 Å². The van der Waals surface area contributed by atoms with Crippen molar-refractivity contribution in [2.24, 2.45) is 0 Å². The lowest BCUT2D eigenvalue weighted by molar-refractivity contribution is -0.139. The predicted octanol–water partition coefficient (Wildman–Crippen LogP) is 5.76. The van der Waals surface area contributed by atoms with Gasteiger partial charge in [-0.3, -0.25) is 9.78 Å². The normalized spacial score (nSPS) is 11.4. The van der Waals surface area contributed by atoms with E-state index in [-0.39, 0.29) is 0 Å². The maximum atomic E-state index is 12.8. The predicted molar refractivity (Wildman–Crippen MR) is 154 cm³/mol. The van der Waals surface area contributed by atoms with Crippen molar-refractivity contribution < 1.29 is 14.7 Å². The molecule has 3 aromatic carbocycles. The van der Waals surface area contributed by atoms with E-state index in [4.69, 9.17) is 24.4 Å². The Bertz CT molecular complexity index is 1320. The van der Waals surface area contributed by atoms with Crippen molar-refractivity contribution >= 4 is 81.6 Å². The van der Waals surface area contributed by atoms with Crippen LogP contribution in [-0.2, 0) is 4.79 Å². The number of thiocarbonyl (C=S) groups is 1. The number of carbonyl (C=O) groups is 2. The summed E-state index contributed by atoms with van der Waals surface area (Å²) >= 11 is 15.5. The van der Waals surface area contributed by atoms with E-state index in [0.717, 1.165) is 21.0 Å². The van der Waals surface area contributed by atoms with Gasteiger partial charge in [0.1, 0.15) is 10.4 Å². The minimum atomic E-state index is -1.04. The molecule has 0 bridgehead atoms. The van der Waals surface area contributed by atoms with Gasteiger partial charge in [0.2, 0.25) is 0 Å². The van der Waals surface area contributed by atoms with Gasteiger partial charge in [-0.15, -0.1) is 12.6 Å². The molecule has 1 unspecified atom stereocenters. The first kappa shape index (κ1) is 26.8. The molecule has 0 radical (unpaired) electrons. The summed E-state index contributed by atoms with van der Waals surface area (Å²) in [4.78, 5) is 28.3. The molecular weight excluding hydrogens is 519 g/mol. The highest BCUT2D eigenvalue weighted by molar-refractivity contribution is 8.11. The number of thioether (sulfide) groups is 1. The molecule has 180 valence electrons. The summed E-state index contributed by atoms with van der Waals surface area (Å²) in [5, 5.41) is 16.1. The summed E-state index contributed by atoms with van der Waals surface area (Å²) in [6.07, 6.45) is 4.01. The molecule has 1 heterocycles. The van der Waals surface area contributed by atoms with Crippen molar-refractivity contribution in [1.29, 1.82) is 0 Å². The number of pyridine rings is 1. The summed E-state index contributed by atoms with van der Waals surface area (Å²) in [5.74, 6) is -0.829. The quantitative estimate of drug-likeness (QED) is 0.165. The molecule has 1 amide bonds. The van der Waals surface area contributed by atoms with Crippen LogP contribution in [0, 0.1) is 4.51 Å². The maximum Gasteiger partial charge on any atom is 0.326 e. The number of aromatic nitrogens is 1. The van der Waals surface area contributed by atoms with Crippen LogP contribution in [0.25, 0.3) is 22.0 Å². The van der Waals surface area contributed by atoms with E-state index < -0.39 is 17.9 Å². The Labute approximate surface area is 223 Å². The van der Waals surface area contributed by atoms with Gasteiger partial charge in [0, 0.05) is 22.8 Å². The number of hydrogen-bond acceptors (Lipinski definition) is 6. The number of carbonyl (C=O) groups excluding carboxylic acids is 1. The Kier molecular flexibility index (Phi) is 9.79. The van der Waals surface area contributed by atoms with Gasteiger partial charge >= 0.3 is 5.97 Å². The second-order valence-electron chi connectivity index (χ2n) is 7.43. The third-order valence-corrected chi connectivity index (χ3v) is 6.29. The number of hydrogen-bond donors (Lipinski definition) is 4. The Morgan fingerprint density at radius 3 is 2.46 bits per heavy atom. The molecule has 4 aromatic rings. The number of carboxylic acids is 1. The number of aliphatic carboxylic acids is 1. The summed E-state index contributed by atoms with van der Waals surface area (Å²) in [7, 11) is 0. The largest absolute Gasteiger partial charge is 0.480 e. The van der Waals surface area contributed by atoms with Gasteiger partial charge in [-0.05, 0) is 59.9 Å². The Morgan fingerprint density at radius 1 is 1.14 bits per heavy atom. The fourth-order valence-electron chi connectivity index (χ4n) is 3.24. The van der Waals surface area contributed by atoms with Gasteiger partial charge in [-0.2, -0.15) is 11.8 Å². The van der Waals surface area contributed by atoms with Crippen LogP contribution < -0.4 is 10.6 Å². The van der Waals surface area contributed by atoms with E-state index in [0.29, 0.717) is 33.3 Å². The lowest BCUT2D eigenvalue weighted by Crippen LogP contribution is -2.41. The van der Waals surface area contributed by atoms with Crippen molar-refractivity contribution in [2.75, 3.05) is 17.3 Å². The molecule has 0 spiro atoms. The fraction of sp³-hybridized carbons (Fsp3) is 0.160. The molecule has 35 heavy (non-hydrogen) atoms. The first-order chi connectivity index (χ1) is 16.8. The first-order valence-corrected chi connectivity index (χ1v) is 13.2. The first-order valence-electron chi connectivity index (χ1n) is 10.5. The molecule has 0 saturated carbocycles. The molecule has 10 heteroatoms.